The minimum absolute atomic E-state index is 0. The van der Waals surface area contributed by atoms with E-state index in [1.807, 2.05) is 31.8 Å². The second-order valence-corrected chi connectivity index (χ2v) is 7.30. The van der Waals surface area contributed by atoms with Gasteiger partial charge in [-0.25, -0.2) is 0 Å². The van der Waals surface area contributed by atoms with Crippen molar-refractivity contribution in [3.8, 4) is 5.75 Å². The van der Waals surface area contributed by atoms with E-state index in [4.69, 9.17) is 4.74 Å². The fraction of sp³-hybridized carbons (Fsp3) is 0.625. The molecule has 1 heterocycles. The van der Waals surface area contributed by atoms with Crippen LogP contribution in [0.15, 0.2) is 11.2 Å². The molecule has 0 saturated carbocycles. The maximum Gasteiger partial charge on any atom is 0.191 e. The summed E-state index contributed by atoms with van der Waals surface area (Å²) in [5, 5.41) is 6.65. The molecule has 7 heteroatoms. The summed E-state index contributed by atoms with van der Waals surface area (Å²) < 4.78 is 5.61. The quantitative estimate of drug-likeness (QED) is 0.395. The molecule has 0 spiro atoms. The predicted octanol–water partition coefficient (Wildman–Crippen LogP) is 3.13. The maximum absolute atomic E-state index is 5.44. The van der Waals surface area contributed by atoms with Gasteiger partial charge in [-0.15, -0.1) is 24.0 Å². The first-order chi connectivity index (χ1) is 10.3. The molecule has 0 fully saturated rings. The zero-order valence-corrected chi connectivity index (χ0v) is 18.3. The van der Waals surface area contributed by atoms with E-state index >= 15 is 0 Å². The average molecular weight is 452 g/mol. The highest BCUT2D eigenvalue weighted by atomic mass is 127. The topological polar surface area (TPSA) is 58.5 Å². The van der Waals surface area contributed by atoms with Crippen LogP contribution < -0.4 is 15.4 Å². The number of aliphatic imine (C=N–C) groups is 1. The number of pyridine rings is 1. The third-order valence-corrected chi connectivity index (χ3v) is 4.88. The first kappa shape index (κ1) is 22.3. The first-order valence-electron chi connectivity index (χ1n) is 7.33. The number of thioether (sulfide) groups is 1. The zero-order valence-electron chi connectivity index (χ0n) is 15.1. The Bertz CT molecular complexity index is 535. The van der Waals surface area contributed by atoms with E-state index in [9.17, 15) is 0 Å². The third-order valence-electron chi connectivity index (χ3n) is 3.63. The van der Waals surface area contributed by atoms with E-state index in [1.54, 1.807) is 14.2 Å². The predicted molar refractivity (Wildman–Crippen MR) is 111 cm³/mol. The van der Waals surface area contributed by atoms with Crippen molar-refractivity contribution in [1.82, 2.24) is 15.6 Å². The van der Waals surface area contributed by atoms with Gasteiger partial charge < -0.3 is 15.4 Å². The van der Waals surface area contributed by atoms with Crippen LogP contribution in [0.25, 0.3) is 0 Å². The number of rotatable bonds is 6. The fourth-order valence-corrected chi connectivity index (χ4v) is 2.22. The van der Waals surface area contributed by atoms with Crippen LogP contribution in [-0.4, -0.2) is 42.6 Å². The molecule has 0 saturated heterocycles. The number of nitrogens with zero attached hydrogens (tertiary/aromatic N) is 2. The van der Waals surface area contributed by atoms with Gasteiger partial charge in [0, 0.05) is 35.7 Å². The van der Waals surface area contributed by atoms with Crippen molar-refractivity contribution in [1.29, 1.82) is 0 Å². The Morgan fingerprint density at radius 3 is 2.52 bits per heavy atom. The fourth-order valence-electron chi connectivity index (χ4n) is 2.01. The van der Waals surface area contributed by atoms with Crippen LogP contribution in [0.2, 0.25) is 0 Å². The van der Waals surface area contributed by atoms with Gasteiger partial charge in [-0.05, 0) is 34.0 Å². The molecule has 2 N–H and O–H groups in total. The van der Waals surface area contributed by atoms with E-state index in [2.05, 4.69) is 40.7 Å². The van der Waals surface area contributed by atoms with Crippen LogP contribution in [0.5, 0.6) is 5.75 Å². The van der Waals surface area contributed by atoms with Crippen LogP contribution in [-0.2, 0) is 6.54 Å². The van der Waals surface area contributed by atoms with Gasteiger partial charge in [0.15, 0.2) is 5.96 Å². The van der Waals surface area contributed by atoms with Gasteiger partial charge in [-0.3, -0.25) is 9.98 Å². The number of methoxy groups -OCH3 is 1. The summed E-state index contributed by atoms with van der Waals surface area (Å²) in [7, 11) is 3.47. The summed E-state index contributed by atoms with van der Waals surface area (Å²) in [5.41, 5.74) is 3.08. The SMILES string of the molecule is CN=C(NCc1ncc(C)c(OC)c1C)NCC(C)(C)SC.I. The lowest BCUT2D eigenvalue weighted by Gasteiger charge is -2.24. The molecule has 1 rings (SSSR count). The maximum atomic E-state index is 5.44. The van der Waals surface area contributed by atoms with Crippen LogP contribution in [0, 0.1) is 13.8 Å². The van der Waals surface area contributed by atoms with E-state index in [-0.39, 0.29) is 28.7 Å². The number of ether oxygens (including phenoxy) is 1. The monoisotopic (exact) mass is 452 g/mol. The van der Waals surface area contributed by atoms with Crippen LogP contribution >= 0.6 is 35.7 Å². The number of nitrogens with one attached hydrogen (secondary N) is 2. The smallest absolute Gasteiger partial charge is 0.191 e. The molecule has 5 nitrogen and oxygen atoms in total. The van der Waals surface area contributed by atoms with Crippen molar-refractivity contribution in [2.45, 2.75) is 39.0 Å². The van der Waals surface area contributed by atoms with Gasteiger partial charge in [0.2, 0.25) is 0 Å². The minimum atomic E-state index is 0. The van der Waals surface area contributed by atoms with E-state index < -0.39 is 0 Å². The minimum Gasteiger partial charge on any atom is -0.496 e. The lowest BCUT2D eigenvalue weighted by Crippen LogP contribution is -2.43. The Hall–Kier alpha value is -0.700. The summed E-state index contributed by atoms with van der Waals surface area (Å²) in [4.78, 5) is 8.74. The normalized spacial score (nSPS) is 11.7. The molecule has 23 heavy (non-hydrogen) atoms. The van der Waals surface area contributed by atoms with Gasteiger partial charge in [0.25, 0.3) is 0 Å². The van der Waals surface area contributed by atoms with Crippen molar-refractivity contribution >= 4 is 41.7 Å². The first-order valence-corrected chi connectivity index (χ1v) is 8.56. The molecule has 0 aromatic carbocycles. The largest absolute Gasteiger partial charge is 0.496 e. The number of hydrogen-bond donors (Lipinski definition) is 2. The molecule has 0 amide bonds. The summed E-state index contributed by atoms with van der Waals surface area (Å²) in [6.45, 7) is 9.90. The molecular weight excluding hydrogens is 423 g/mol. The Labute approximate surface area is 161 Å². The van der Waals surface area contributed by atoms with Crippen molar-refractivity contribution in [3.63, 3.8) is 0 Å². The Balaban J connectivity index is 0.00000484. The highest BCUT2D eigenvalue weighted by Crippen LogP contribution is 2.23. The van der Waals surface area contributed by atoms with Crippen LogP contribution in [0.3, 0.4) is 0 Å². The van der Waals surface area contributed by atoms with Gasteiger partial charge in [0.05, 0.1) is 19.3 Å². The van der Waals surface area contributed by atoms with Crippen molar-refractivity contribution in [2.24, 2.45) is 4.99 Å². The molecular formula is C16H29IN4OS. The molecule has 0 aliphatic heterocycles. The van der Waals surface area contributed by atoms with Crippen molar-refractivity contribution in [2.75, 3.05) is 27.0 Å². The molecule has 0 unspecified atom stereocenters. The van der Waals surface area contributed by atoms with Gasteiger partial charge in [-0.1, -0.05) is 0 Å². The molecule has 1 aromatic heterocycles. The lowest BCUT2D eigenvalue weighted by atomic mass is 10.1. The molecule has 0 atom stereocenters. The highest BCUT2D eigenvalue weighted by Gasteiger charge is 2.16. The number of aryl methyl sites for hydroxylation is 1. The van der Waals surface area contributed by atoms with Gasteiger partial charge in [-0.2, -0.15) is 11.8 Å². The van der Waals surface area contributed by atoms with Gasteiger partial charge >= 0.3 is 0 Å². The summed E-state index contributed by atoms with van der Waals surface area (Å²) in [6, 6.07) is 0. The standard InChI is InChI=1S/C16H28N4OS.HI/c1-11-8-18-13(12(2)14(11)21-6)9-19-15(17-5)20-10-16(3,4)22-7;/h8H,9-10H2,1-7H3,(H2,17,19,20);1H. The molecule has 0 bridgehead atoms. The second kappa shape index (κ2) is 10.2. The number of halogens is 1. The van der Waals surface area contributed by atoms with Crippen LogP contribution in [0.1, 0.15) is 30.7 Å². The highest BCUT2D eigenvalue weighted by molar-refractivity contribution is 14.0. The van der Waals surface area contributed by atoms with E-state index in [0.29, 0.717) is 6.54 Å². The average Bonchev–Trinajstić information content (AvgIpc) is 2.49. The Morgan fingerprint density at radius 1 is 1.35 bits per heavy atom. The molecule has 0 aliphatic carbocycles. The summed E-state index contributed by atoms with van der Waals surface area (Å²) in [6.07, 6.45) is 3.96. The molecule has 0 aliphatic rings. The van der Waals surface area contributed by atoms with Gasteiger partial charge in [0.1, 0.15) is 5.75 Å². The van der Waals surface area contributed by atoms with E-state index in [1.165, 1.54) is 0 Å². The van der Waals surface area contributed by atoms with Crippen LogP contribution in [0.4, 0.5) is 0 Å². The molecule has 132 valence electrons. The number of hydrogen-bond acceptors (Lipinski definition) is 4. The molecule has 0 radical (unpaired) electrons. The molecule has 1 aromatic rings. The Morgan fingerprint density at radius 2 is 2.00 bits per heavy atom. The number of aromatic nitrogens is 1. The summed E-state index contributed by atoms with van der Waals surface area (Å²) >= 11 is 1.83. The lowest BCUT2D eigenvalue weighted by molar-refractivity contribution is 0.406. The van der Waals surface area contributed by atoms with E-state index in [0.717, 1.165) is 35.1 Å². The summed E-state index contributed by atoms with van der Waals surface area (Å²) in [5.74, 6) is 1.68. The Kier molecular flexibility index (Phi) is 9.91. The van der Waals surface area contributed by atoms with Crippen molar-refractivity contribution in [3.05, 3.63) is 23.0 Å². The number of guanidine groups is 1. The third kappa shape index (κ3) is 6.74. The van der Waals surface area contributed by atoms with Crippen molar-refractivity contribution < 1.29 is 4.74 Å². The second-order valence-electron chi connectivity index (χ2n) is 5.79. The zero-order chi connectivity index (χ0) is 16.8.